The molecule has 3 rings (SSSR count). The third-order valence-electron chi connectivity index (χ3n) is 4.07. The van der Waals surface area contributed by atoms with Crippen LogP contribution in [0.4, 0.5) is 0 Å². The van der Waals surface area contributed by atoms with Gasteiger partial charge in [0, 0.05) is 22.9 Å². The van der Waals surface area contributed by atoms with Gasteiger partial charge in [-0.15, -0.1) is 11.3 Å². The van der Waals surface area contributed by atoms with Gasteiger partial charge in [-0.25, -0.2) is 9.79 Å². The lowest BCUT2D eigenvalue weighted by Crippen LogP contribution is -2.42. The normalized spacial score (nSPS) is 27.6. The minimum absolute atomic E-state index is 0.0603. The molecule has 0 saturated heterocycles. The molecule has 5 heteroatoms. The summed E-state index contributed by atoms with van der Waals surface area (Å²) in [7, 11) is 0. The number of fused-ring (bicyclic) bond motifs is 1. The molecule has 1 aromatic rings. The van der Waals surface area contributed by atoms with Crippen LogP contribution in [-0.4, -0.2) is 22.6 Å². The van der Waals surface area contributed by atoms with Crippen molar-refractivity contribution in [3.05, 3.63) is 34.2 Å². The van der Waals surface area contributed by atoms with Crippen LogP contribution in [0.2, 0.25) is 0 Å². The van der Waals surface area contributed by atoms with Crippen LogP contribution in [0.5, 0.6) is 0 Å². The molecule has 2 unspecified atom stereocenters. The van der Waals surface area contributed by atoms with E-state index in [4.69, 9.17) is 0 Å². The Balaban J connectivity index is 2.08. The lowest BCUT2D eigenvalue weighted by Gasteiger charge is -2.38. The first kappa shape index (κ1) is 14.2. The number of Topliss-reactive ketones (excluding diaryl/α,β-unsaturated/α-hetero) is 1. The van der Waals surface area contributed by atoms with E-state index in [2.05, 4.69) is 4.99 Å². The number of rotatable bonds is 2. The molecule has 21 heavy (non-hydrogen) atoms. The molecule has 2 aliphatic rings. The van der Waals surface area contributed by atoms with E-state index in [1.165, 1.54) is 0 Å². The van der Waals surface area contributed by atoms with Crippen molar-refractivity contribution in [2.24, 2.45) is 16.3 Å². The molecule has 2 atom stereocenters. The van der Waals surface area contributed by atoms with Gasteiger partial charge in [-0.05, 0) is 29.4 Å². The molecule has 0 bridgehead atoms. The Morgan fingerprint density at radius 3 is 2.81 bits per heavy atom. The molecular formula is C16H17NO3S. The molecule has 0 radical (unpaired) electrons. The van der Waals surface area contributed by atoms with Gasteiger partial charge in [0.05, 0.1) is 5.92 Å². The second-order valence-electron chi connectivity index (χ2n) is 6.46. The van der Waals surface area contributed by atoms with Gasteiger partial charge in [0.25, 0.3) is 0 Å². The van der Waals surface area contributed by atoms with Crippen LogP contribution in [0.15, 0.2) is 34.3 Å². The van der Waals surface area contributed by atoms with Gasteiger partial charge < -0.3 is 5.11 Å². The average molecular weight is 303 g/mol. The Labute approximate surface area is 127 Å². The van der Waals surface area contributed by atoms with Crippen molar-refractivity contribution in [2.45, 2.75) is 32.6 Å². The zero-order chi connectivity index (χ0) is 15.2. The Morgan fingerprint density at radius 2 is 2.19 bits per heavy atom. The minimum Gasteiger partial charge on any atom is -0.477 e. The number of carboxylic acid groups (broad SMARTS) is 1. The molecular weight excluding hydrogens is 286 g/mol. The Bertz CT molecular complexity index is 655. The van der Waals surface area contributed by atoms with Gasteiger partial charge in [-0.3, -0.25) is 4.79 Å². The van der Waals surface area contributed by atoms with E-state index in [1.54, 1.807) is 17.4 Å². The number of nitrogens with zero attached hydrogens (tertiary/aromatic N) is 1. The zero-order valence-electron chi connectivity index (χ0n) is 12.0. The number of carbonyl (C=O) groups excluding carboxylic acids is 1. The molecule has 1 N–H and O–H groups in total. The lowest BCUT2D eigenvalue weighted by molar-refractivity contribution is -0.133. The quantitative estimate of drug-likeness (QED) is 0.912. The first-order valence-corrected chi connectivity index (χ1v) is 7.84. The highest BCUT2D eigenvalue weighted by Crippen LogP contribution is 2.44. The number of hydrogen-bond acceptors (Lipinski definition) is 4. The Hall–Kier alpha value is -1.75. The number of aliphatic imine (C=N–C) groups is 1. The van der Waals surface area contributed by atoms with Crippen molar-refractivity contribution in [2.75, 3.05) is 0 Å². The highest BCUT2D eigenvalue weighted by molar-refractivity contribution is 7.10. The van der Waals surface area contributed by atoms with E-state index in [1.807, 2.05) is 31.4 Å². The number of hydrogen-bond donors (Lipinski definition) is 1. The van der Waals surface area contributed by atoms with Gasteiger partial charge in [0.15, 0.2) is 0 Å². The molecule has 110 valence electrons. The summed E-state index contributed by atoms with van der Waals surface area (Å²) in [5, 5.41) is 11.2. The van der Waals surface area contributed by atoms with Crippen molar-refractivity contribution in [3.63, 3.8) is 0 Å². The Morgan fingerprint density at radius 1 is 1.43 bits per heavy atom. The molecule has 1 aromatic heterocycles. The predicted molar refractivity (Wildman–Crippen MR) is 81.7 cm³/mol. The van der Waals surface area contributed by atoms with Crippen molar-refractivity contribution in [1.82, 2.24) is 0 Å². The fourth-order valence-corrected chi connectivity index (χ4v) is 4.08. The van der Waals surface area contributed by atoms with Crippen LogP contribution >= 0.6 is 11.3 Å². The summed E-state index contributed by atoms with van der Waals surface area (Å²) in [5.41, 5.74) is 0.646. The second-order valence-corrected chi connectivity index (χ2v) is 7.44. The van der Waals surface area contributed by atoms with E-state index < -0.39 is 5.97 Å². The predicted octanol–water partition coefficient (Wildman–Crippen LogP) is 3.26. The van der Waals surface area contributed by atoms with Crippen molar-refractivity contribution in [1.29, 1.82) is 0 Å². The minimum atomic E-state index is -1.03. The van der Waals surface area contributed by atoms with Crippen LogP contribution in [0.3, 0.4) is 0 Å². The molecule has 0 spiro atoms. The summed E-state index contributed by atoms with van der Waals surface area (Å²) in [5.74, 6) is -1.34. The third-order valence-corrected chi connectivity index (χ3v) is 5.04. The van der Waals surface area contributed by atoms with Crippen LogP contribution < -0.4 is 0 Å². The zero-order valence-corrected chi connectivity index (χ0v) is 12.8. The van der Waals surface area contributed by atoms with Gasteiger partial charge in [0.2, 0.25) is 0 Å². The van der Waals surface area contributed by atoms with Gasteiger partial charge >= 0.3 is 5.97 Å². The fourth-order valence-electron chi connectivity index (χ4n) is 3.25. The summed E-state index contributed by atoms with van der Waals surface area (Å²) in [6.45, 7) is 4.06. The summed E-state index contributed by atoms with van der Waals surface area (Å²) < 4.78 is 0. The van der Waals surface area contributed by atoms with Crippen molar-refractivity contribution < 1.29 is 14.7 Å². The van der Waals surface area contributed by atoms with E-state index in [-0.39, 0.29) is 28.7 Å². The van der Waals surface area contributed by atoms with E-state index in [0.29, 0.717) is 12.8 Å². The molecule has 4 nitrogen and oxygen atoms in total. The smallest absolute Gasteiger partial charge is 0.354 e. The average Bonchev–Trinajstić information content (AvgIpc) is 2.89. The Kier molecular flexibility index (Phi) is 3.32. The van der Waals surface area contributed by atoms with Crippen molar-refractivity contribution >= 4 is 28.8 Å². The SMILES string of the molecule is CC1(C)CC(=O)C2C(=NC(C(=O)O)=CC2c2cccs2)C1. The molecule has 0 aromatic carbocycles. The number of thiophene rings is 1. The maximum Gasteiger partial charge on any atom is 0.354 e. The van der Waals surface area contributed by atoms with Crippen molar-refractivity contribution in [3.8, 4) is 0 Å². The molecule has 0 amide bonds. The molecule has 1 aliphatic carbocycles. The largest absolute Gasteiger partial charge is 0.477 e. The van der Waals surface area contributed by atoms with E-state index >= 15 is 0 Å². The van der Waals surface area contributed by atoms with Crippen LogP contribution in [-0.2, 0) is 9.59 Å². The highest BCUT2D eigenvalue weighted by atomic mass is 32.1. The summed E-state index contributed by atoms with van der Waals surface area (Å²) in [6.07, 6.45) is 2.84. The molecule has 1 aliphatic heterocycles. The van der Waals surface area contributed by atoms with Crippen LogP contribution in [0.25, 0.3) is 0 Å². The number of carboxylic acids is 1. The first-order chi connectivity index (χ1) is 9.87. The number of carbonyl (C=O) groups is 2. The third kappa shape index (κ3) is 2.58. The number of allylic oxidation sites excluding steroid dienone is 1. The molecule has 2 heterocycles. The van der Waals surface area contributed by atoms with Gasteiger partial charge in [0.1, 0.15) is 11.5 Å². The highest BCUT2D eigenvalue weighted by Gasteiger charge is 2.44. The first-order valence-electron chi connectivity index (χ1n) is 6.96. The monoisotopic (exact) mass is 303 g/mol. The lowest BCUT2D eigenvalue weighted by atomic mass is 9.66. The maximum atomic E-state index is 12.6. The van der Waals surface area contributed by atoms with E-state index in [9.17, 15) is 14.7 Å². The van der Waals surface area contributed by atoms with Crippen LogP contribution in [0, 0.1) is 11.3 Å². The van der Waals surface area contributed by atoms with Crippen LogP contribution in [0.1, 0.15) is 37.5 Å². The topological polar surface area (TPSA) is 66.7 Å². The fraction of sp³-hybridized carbons (Fsp3) is 0.438. The summed E-state index contributed by atoms with van der Waals surface area (Å²) in [4.78, 5) is 29.2. The van der Waals surface area contributed by atoms with Gasteiger partial charge in [-0.1, -0.05) is 19.9 Å². The number of aliphatic carboxylic acids is 1. The summed E-state index contributed by atoms with van der Waals surface area (Å²) in [6, 6.07) is 3.89. The second kappa shape index (κ2) is 4.91. The maximum absolute atomic E-state index is 12.6. The van der Waals surface area contributed by atoms with E-state index in [0.717, 1.165) is 10.6 Å². The molecule has 1 fully saturated rings. The standard InChI is InChI=1S/C16H17NO3S/c1-16(2)7-11-14(12(18)8-16)9(13-4-3-5-21-13)6-10(17-11)15(19)20/h3-6,9,14H,7-8H2,1-2H3,(H,19,20). The summed E-state index contributed by atoms with van der Waals surface area (Å²) >= 11 is 1.56. The number of ketones is 1. The van der Waals surface area contributed by atoms with Gasteiger partial charge in [-0.2, -0.15) is 0 Å². The molecule has 1 saturated carbocycles.